The lowest BCUT2D eigenvalue weighted by atomic mass is 9.86. The third-order valence-electron chi connectivity index (χ3n) is 3.09. The number of nitrogens with two attached hydrogens (primary N) is 1. The zero-order valence-corrected chi connectivity index (χ0v) is 12.1. The van der Waals surface area contributed by atoms with Crippen LogP contribution in [0, 0.1) is 16.6 Å². The SMILES string of the molecule is CC(C)(CCCCOc1c(F)cccc1Cl)C(=N)N. The van der Waals surface area contributed by atoms with E-state index in [1.54, 1.807) is 12.1 Å². The maximum absolute atomic E-state index is 13.4. The fourth-order valence-corrected chi connectivity index (χ4v) is 1.82. The summed E-state index contributed by atoms with van der Waals surface area (Å²) in [6, 6.07) is 4.46. The topological polar surface area (TPSA) is 59.1 Å². The van der Waals surface area contributed by atoms with E-state index in [0.29, 0.717) is 6.61 Å². The number of halogens is 2. The van der Waals surface area contributed by atoms with Gasteiger partial charge in [0.15, 0.2) is 11.6 Å². The number of hydrogen-bond acceptors (Lipinski definition) is 2. The van der Waals surface area contributed by atoms with Crippen LogP contribution in [0.15, 0.2) is 18.2 Å². The Balaban J connectivity index is 2.34. The van der Waals surface area contributed by atoms with Gasteiger partial charge in [0.05, 0.1) is 17.5 Å². The molecule has 3 nitrogen and oxygen atoms in total. The van der Waals surface area contributed by atoms with Crippen molar-refractivity contribution in [3.8, 4) is 5.75 Å². The number of nitrogens with one attached hydrogen (secondary N) is 1. The molecule has 19 heavy (non-hydrogen) atoms. The summed E-state index contributed by atoms with van der Waals surface area (Å²) in [4.78, 5) is 0. The predicted octanol–water partition coefficient (Wildman–Crippen LogP) is 3.99. The zero-order chi connectivity index (χ0) is 14.5. The Bertz CT molecular complexity index is 429. The van der Waals surface area contributed by atoms with E-state index in [-0.39, 0.29) is 22.0 Å². The maximum Gasteiger partial charge on any atom is 0.173 e. The van der Waals surface area contributed by atoms with Crippen LogP contribution in [-0.4, -0.2) is 12.4 Å². The van der Waals surface area contributed by atoms with Gasteiger partial charge >= 0.3 is 0 Å². The van der Waals surface area contributed by atoms with Crippen LogP contribution in [0.5, 0.6) is 5.75 Å². The van der Waals surface area contributed by atoms with Crippen molar-refractivity contribution in [2.24, 2.45) is 11.1 Å². The summed E-state index contributed by atoms with van der Waals surface area (Å²) in [5, 5.41) is 7.73. The first-order valence-corrected chi connectivity index (χ1v) is 6.63. The van der Waals surface area contributed by atoms with E-state index >= 15 is 0 Å². The standard InChI is InChI=1S/C14H20ClFN2O/c1-14(2,13(17)18)8-3-4-9-19-12-10(15)6-5-7-11(12)16/h5-7H,3-4,8-9H2,1-2H3,(H3,17,18). The largest absolute Gasteiger partial charge is 0.489 e. The van der Waals surface area contributed by atoms with Crippen molar-refractivity contribution in [3.05, 3.63) is 29.0 Å². The van der Waals surface area contributed by atoms with E-state index in [1.165, 1.54) is 6.07 Å². The number of hydrogen-bond donors (Lipinski definition) is 2. The van der Waals surface area contributed by atoms with Gasteiger partial charge in [-0.05, 0) is 31.4 Å². The molecule has 0 bridgehead atoms. The van der Waals surface area contributed by atoms with Crippen LogP contribution in [0.4, 0.5) is 4.39 Å². The van der Waals surface area contributed by atoms with Crippen molar-refractivity contribution in [1.29, 1.82) is 5.41 Å². The van der Waals surface area contributed by atoms with Crippen LogP contribution >= 0.6 is 11.6 Å². The normalized spacial score (nSPS) is 11.4. The molecule has 1 aromatic rings. The van der Waals surface area contributed by atoms with Crippen LogP contribution in [0.2, 0.25) is 5.02 Å². The highest BCUT2D eigenvalue weighted by Gasteiger charge is 2.20. The van der Waals surface area contributed by atoms with E-state index in [0.717, 1.165) is 19.3 Å². The smallest absolute Gasteiger partial charge is 0.173 e. The van der Waals surface area contributed by atoms with E-state index < -0.39 is 5.82 Å². The van der Waals surface area contributed by atoms with Crippen LogP contribution in [0.1, 0.15) is 33.1 Å². The Morgan fingerprint density at radius 3 is 2.68 bits per heavy atom. The monoisotopic (exact) mass is 286 g/mol. The van der Waals surface area contributed by atoms with Gasteiger partial charge in [0.2, 0.25) is 0 Å². The average molecular weight is 287 g/mol. The van der Waals surface area contributed by atoms with Crippen LogP contribution in [0.25, 0.3) is 0 Å². The molecule has 5 heteroatoms. The third-order valence-corrected chi connectivity index (χ3v) is 3.39. The lowest BCUT2D eigenvalue weighted by Gasteiger charge is -2.22. The Hall–Kier alpha value is -1.29. The fourth-order valence-electron chi connectivity index (χ4n) is 1.60. The highest BCUT2D eigenvalue weighted by Crippen LogP contribution is 2.28. The highest BCUT2D eigenvalue weighted by atomic mass is 35.5. The summed E-state index contributed by atoms with van der Waals surface area (Å²) in [7, 11) is 0. The maximum atomic E-state index is 13.4. The minimum absolute atomic E-state index is 0.106. The molecular formula is C14H20ClFN2O. The second kappa shape index (κ2) is 6.75. The molecule has 0 heterocycles. The molecule has 1 aromatic carbocycles. The van der Waals surface area contributed by atoms with E-state index in [2.05, 4.69) is 0 Å². The molecule has 106 valence electrons. The first-order valence-electron chi connectivity index (χ1n) is 6.26. The molecule has 0 amide bonds. The Kier molecular flexibility index (Phi) is 5.60. The molecule has 0 aliphatic heterocycles. The highest BCUT2D eigenvalue weighted by molar-refractivity contribution is 6.32. The number of ether oxygens (including phenoxy) is 1. The molecule has 0 aromatic heterocycles. The number of unbranched alkanes of at least 4 members (excludes halogenated alkanes) is 1. The first-order chi connectivity index (χ1) is 8.84. The number of rotatable bonds is 7. The molecule has 1 rings (SSSR count). The number of para-hydroxylation sites is 1. The van der Waals surface area contributed by atoms with Crippen molar-refractivity contribution in [2.75, 3.05) is 6.61 Å². The van der Waals surface area contributed by atoms with E-state index in [1.807, 2.05) is 13.8 Å². The average Bonchev–Trinajstić information content (AvgIpc) is 2.31. The number of amidine groups is 1. The van der Waals surface area contributed by atoms with Gasteiger partial charge in [0.1, 0.15) is 0 Å². The Labute approximate surface area is 118 Å². The van der Waals surface area contributed by atoms with E-state index in [9.17, 15) is 4.39 Å². The van der Waals surface area contributed by atoms with Gasteiger partial charge in [-0.2, -0.15) is 0 Å². The van der Waals surface area contributed by atoms with Crippen LogP contribution in [-0.2, 0) is 0 Å². The molecule has 0 aliphatic rings. The number of benzene rings is 1. The van der Waals surface area contributed by atoms with Gasteiger partial charge in [-0.25, -0.2) is 4.39 Å². The molecular weight excluding hydrogens is 267 g/mol. The van der Waals surface area contributed by atoms with Gasteiger partial charge < -0.3 is 10.5 Å². The summed E-state index contributed by atoms with van der Waals surface area (Å²) < 4.78 is 18.8. The van der Waals surface area contributed by atoms with Crippen molar-refractivity contribution in [2.45, 2.75) is 33.1 Å². The lowest BCUT2D eigenvalue weighted by Crippen LogP contribution is -2.30. The van der Waals surface area contributed by atoms with Crippen molar-refractivity contribution in [1.82, 2.24) is 0 Å². The van der Waals surface area contributed by atoms with Crippen molar-refractivity contribution >= 4 is 17.4 Å². The van der Waals surface area contributed by atoms with Crippen molar-refractivity contribution < 1.29 is 9.13 Å². The molecule has 0 saturated carbocycles. The predicted molar refractivity (Wildman–Crippen MR) is 76.5 cm³/mol. The summed E-state index contributed by atoms with van der Waals surface area (Å²) in [6.45, 7) is 4.27. The molecule has 0 unspecified atom stereocenters. The Morgan fingerprint density at radius 1 is 1.42 bits per heavy atom. The second-order valence-corrected chi connectivity index (χ2v) is 5.56. The zero-order valence-electron chi connectivity index (χ0n) is 11.3. The molecule has 0 fully saturated rings. The molecule has 3 N–H and O–H groups in total. The summed E-state index contributed by atoms with van der Waals surface area (Å²) in [5.74, 6) is -0.155. The molecule has 0 spiro atoms. The van der Waals surface area contributed by atoms with Crippen LogP contribution in [0.3, 0.4) is 0 Å². The van der Waals surface area contributed by atoms with Gasteiger partial charge in [-0.3, -0.25) is 5.41 Å². The quantitative estimate of drug-likeness (QED) is 0.452. The minimum atomic E-state index is -0.448. The van der Waals surface area contributed by atoms with E-state index in [4.69, 9.17) is 27.5 Å². The lowest BCUT2D eigenvalue weighted by molar-refractivity contribution is 0.283. The summed E-state index contributed by atoms with van der Waals surface area (Å²) >= 11 is 5.85. The minimum Gasteiger partial charge on any atom is -0.489 e. The van der Waals surface area contributed by atoms with Gasteiger partial charge in [0.25, 0.3) is 0 Å². The molecule has 0 aliphatic carbocycles. The Morgan fingerprint density at radius 2 is 2.11 bits per heavy atom. The van der Waals surface area contributed by atoms with Crippen LogP contribution < -0.4 is 10.5 Å². The molecule has 0 atom stereocenters. The summed E-state index contributed by atoms with van der Waals surface area (Å²) in [5.41, 5.74) is 5.20. The third kappa shape index (κ3) is 4.71. The van der Waals surface area contributed by atoms with Gasteiger partial charge in [0, 0.05) is 5.41 Å². The van der Waals surface area contributed by atoms with Crippen molar-refractivity contribution in [3.63, 3.8) is 0 Å². The fraction of sp³-hybridized carbons (Fsp3) is 0.500. The van der Waals surface area contributed by atoms with Gasteiger partial charge in [-0.15, -0.1) is 0 Å². The first kappa shape index (κ1) is 15.8. The molecule has 0 saturated heterocycles. The second-order valence-electron chi connectivity index (χ2n) is 5.15. The van der Waals surface area contributed by atoms with Gasteiger partial charge in [-0.1, -0.05) is 31.5 Å². The molecule has 0 radical (unpaired) electrons. The summed E-state index contributed by atoms with van der Waals surface area (Å²) in [6.07, 6.45) is 2.43.